The Morgan fingerprint density at radius 3 is 2.43 bits per heavy atom. The van der Waals surface area contributed by atoms with Crippen LogP contribution in [0.1, 0.15) is 27.3 Å². The van der Waals surface area contributed by atoms with E-state index in [1.807, 2.05) is 70.7 Å². The highest BCUT2D eigenvalue weighted by Crippen LogP contribution is 2.26. The smallest absolute Gasteiger partial charge is 0.252 e. The SMILES string of the molecule is Cc1nn(C)cc1CNC(=O)c1cc(-c2cn(C)nc2C)nc2ccccc12. The molecule has 3 aromatic heterocycles. The molecular formula is C21H22N6O. The molecule has 0 atom stereocenters. The lowest BCUT2D eigenvalue weighted by Gasteiger charge is -2.10. The average Bonchev–Trinajstić information content (AvgIpc) is 3.18. The summed E-state index contributed by atoms with van der Waals surface area (Å²) in [7, 11) is 3.75. The third-order valence-electron chi connectivity index (χ3n) is 4.80. The Hall–Kier alpha value is -3.48. The van der Waals surface area contributed by atoms with Crippen molar-refractivity contribution in [3.8, 4) is 11.3 Å². The number of para-hydroxylation sites is 1. The molecule has 3 heterocycles. The number of amides is 1. The molecule has 0 aliphatic rings. The first kappa shape index (κ1) is 17.9. The number of fused-ring (bicyclic) bond motifs is 1. The average molecular weight is 374 g/mol. The van der Waals surface area contributed by atoms with Gasteiger partial charge in [0.05, 0.1) is 28.2 Å². The summed E-state index contributed by atoms with van der Waals surface area (Å²) >= 11 is 0. The largest absolute Gasteiger partial charge is 0.348 e. The fourth-order valence-electron chi connectivity index (χ4n) is 3.45. The van der Waals surface area contributed by atoms with Crippen LogP contribution in [0.4, 0.5) is 0 Å². The van der Waals surface area contributed by atoms with Crippen molar-refractivity contribution >= 4 is 16.8 Å². The minimum atomic E-state index is -0.135. The number of hydrogen-bond donors (Lipinski definition) is 1. The third-order valence-corrected chi connectivity index (χ3v) is 4.80. The van der Waals surface area contributed by atoms with Crippen LogP contribution in [0.3, 0.4) is 0 Å². The van der Waals surface area contributed by atoms with Gasteiger partial charge in [-0.2, -0.15) is 10.2 Å². The maximum Gasteiger partial charge on any atom is 0.252 e. The monoisotopic (exact) mass is 374 g/mol. The molecule has 0 unspecified atom stereocenters. The van der Waals surface area contributed by atoms with Gasteiger partial charge in [0.15, 0.2) is 0 Å². The summed E-state index contributed by atoms with van der Waals surface area (Å²) in [6.45, 7) is 4.31. The van der Waals surface area contributed by atoms with Crippen LogP contribution in [0.25, 0.3) is 22.2 Å². The van der Waals surface area contributed by atoms with Gasteiger partial charge in [0, 0.05) is 49.5 Å². The van der Waals surface area contributed by atoms with E-state index < -0.39 is 0 Å². The van der Waals surface area contributed by atoms with Gasteiger partial charge in [-0.15, -0.1) is 0 Å². The van der Waals surface area contributed by atoms with Crippen LogP contribution in [0.2, 0.25) is 0 Å². The molecule has 0 aliphatic carbocycles. The Morgan fingerprint density at radius 1 is 1.04 bits per heavy atom. The van der Waals surface area contributed by atoms with Gasteiger partial charge < -0.3 is 5.32 Å². The van der Waals surface area contributed by atoms with Crippen molar-refractivity contribution < 1.29 is 4.79 Å². The lowest BCUT2D eigenvalue weighted by molar-refractivity contribution is 0.0952. The van der Waals surface area contributed by atoms with Crippen LogP contribution in [-0.4, -0.2) is 30.5 Å². The summed E-state index contributed by atoms with van der Waals surface area (Å²) in [5.41, 5.74) is 5.84. The number of nitrogens with zero attached hydrogens (tertiary/aromatic N) is 5. The Labute approximate surface area is 163 Å². The minimum absolute atomic E-state index is 0.135. The van der Waals surface area contributed by atoms with Gasteiger partial charge in [-0.1, -0.05) is 18.2 Å². The van der Waals surface area contributed by atoms with E-state index in [1.165, 1.54) is 0 Å². The fourth-order valence-corrected chi connectivity index (χ4v) is 3.45. The third kappa shape index (κ3) is 3.26. The van der Waals surface area contributed by atoms with E-state index in [1.54, 1.807) is 9.36 Å². The van der Waals surface area contributed by atoms with E-state index in [2.05, 4.69) is 15.5 Å². The molecule has 7 nitrogen and oxygen atoms in total. The van der Waals surface area contributed by atoms with Crippen molar-refractivity contribution in [1.29, 1.82) is 0 Å². The van der Waals surface area contributed by atoms with E-state index in [0.717, 1.165) is 39.1 Å². The summed E-state index contributed by atoms with van der Waals surface area (Å²) < 4.78 is 3.51. The maximum absolute atomic E-state index is 13.0. The van der Waals surface area contributed by atoms with Crippen molar-refractivity contribution in [3.63, 3.8) is 0 Å². The van der Waals surface area contributed by atoms with Crippen molar-refractivity contribution in [2.75, 3.05) is 0 Å². The number of pyridine rings is 1. The molecule has 4 aromatic rings. The summed E-state index contributed by atoms with van der Waals surface area (Å²) in [5.74, 6) is -0.135. The van der Waals surface area contributed by atoms with Crippen LogP contribution in [0.15, 0.2) is 42.7 Å². The molecule has 28 heavy (non-hydrogen) atoms. The molecule has 1 amide bonds. The van der Waals surface area contributed by atoms with Crippen LogP contribution in [0.5, 0.6) is 0 Å². The van der Waals surface area contributed by atoms with E-state index >= 15 is 0 Å². The Kier molecular flexibility index (Phi) is 4.43. The first-order valence-electron chi connectivity index (χ1n) is 9.10. The molecule has 0 saturated heterocycles. The van der Waals surface area contributed by atoms with Crippen LogP contribution >= 0.6 is 0 Å². The van der Waals surface area contributed by atoms with Crippen molar-refractivity contribution in [2.45, 2.75) is 20.4 Å². The topological polar surface area (TPSA) is 77.6 Å². The molecule has 0 aliphatic heterocycles. The molecule has 0 fully saturated rings. The van der Waals surface area contributed by atoms with E-state index in [-0.39, 0.29) is 5.91 Å². The normalized spacial score (nSPS) is 11.1. The number of carbonyl (C=O) groups is 1. The van der Waals surface area contributed by atoms with E-state index in [9.17, 15) is 4.79 Å². The molecule has 1 N–H and O–H groups in total. The number of aromatic nitrogens is 5. The van der Waals surface area contributed by atoms with Gasteiger partial charge in [0.25, 0.3) is 5.91 Å². The Balaban J connectivity index is 1.73. The predicted molar refractivity (Wildman–Crippen MR) is 108 cm³/mol. The fraction of sp³-hybridized carbons (Fsp3) is 0.238. The second-order valence-corrected chi connectivity index (χ2v) is 6.97. The maximum atomic E-state index is 13.0. The van der Waals surface area contributed by atoms with Crippen molar-refractivity contribution in [1.82, 2.24) is 29.9 Å². The minimum Gasteiger partial charge on any atom is -0.348 e. The molecule has 142 valence electrons. The first-order valence-corrected chi connectivity index (χ1v) is 9.10. The van der Waals surface area contributed by atoms with Gasteiger partial charge in [0.2, 0.25) is 0 Å². The highest BCUT2D eigenvalue weighted by atomic mass is 16.1. The molecule has 4 rings (SSSR count). The van der Waals surface area contributed by atoms with E-state index in [0.29, 0.717) is 12.1 Å². The zero-order chi connectivity index (χ0) is 19.8. The number of benzene rings is 1. The summed E-state index contributed by atoms with van der Waals surface area (Å²) in [4.78, 5) is 17.8. The summed E-state index contributed by atoms with van der Waals surface area (Å²) in [5, 5.41) is 12.6. The number of aryl methyl sites for hydroxylation is 4. The Morgan fingerprint density at radius 2 is 1.75 bits per heavy atom. The zero-order valence-electron chi connectivity index (χ0n) is 16.4. The van der Waals surface area contributed by atoms with Gasteiger partial charge in [-0.25, -0.2) is 4.98 Å². The number of carbonyl (C=O) groups excluding carboxylic acids is 1. The molecular weight excluding hydrogens is 352 g/mol. The van der Waals surface area contributed by atoms with Gasteiger partial charge in [-0.05, 0) is 26.0 Å². The van der Waals surface area contributed by atoms with Crippen LogP contribution < -0.4 is 5.32 Å². The molecule has 1 aromatic carbocycles. The quantitative estimate of drug-likeness (QED) is 0.596. The molecule has 0 radical (unpaired) electrons. The van der Waals surface area contributed by atoms with Gasteiger partial charge in [-0.3, -0.25) is 14.2 Å². The number of rotatable bonds is 4. The van der Waals surface area contributed by atoms with Crippen molar-refractivity contribution in [2.24, 2.45) is 14.1 Å². The van der Waals surface area contributed by atoms with Crippen molar-refractivity contribution in [3.05, 3.63) is 65.2 Å². The molecule has 0 bridgehead atoms. The van der Waals surface area contributed by atoms with Gasteiger partial charge in [0.1, 0.15) is 0 Å². The highest BCUT2D eigenvalue weighted by molar-refractivity contribution is 6.07. The van der Waals surface area contributed by atoms with E-state index in [4.69, 9.17) is 4.98 Å². The Bertz CT molecular complexity index is 1190. The summed E-state index contributed by atoms with van der Waals surface area (Å²) in [6.07, 6.45) is 3.85. The molecule has 7 heteroatoms. The summed E-state index contributed by atoms with van der Waals surface area (Å²) in [6, 6.07) is 9.54. The van der Waals surface area contributed by atoms with Crippen LogP contribution in [-0.2, 0) is 20.6 Å². The van der Waals surface area contributed by atoms with Gasteiger partial charge >= 0.3 is 0 Å². The second kappa shape index (κ2) is 6.92. The predicted octanol–water partition coefficient (Wildman–Crippen LogP) is 2.92. The standard InChI is InChI=1S/C21H22N6O/c1-13-15(11-26(3)24-13)10-22-21(28)17-9-20(18-12-27(4)25-14(18)2)23-19-8-6-5-7-16(17)19/h5-9,11-12H,10H2,1-4H3,(H,22,28). The van der Waals surface area contributed by atoms with Crippen LogP contribution in [0, 0.1) is 13.8 Å². The number of nitrogens with one attached hydrogen (secondary N) is 1. The second-order valence-electron chi connectivity index (χ2n) is 6.97. The first-order chi connectivity index (χ1) is 13.4. The lowest BCUT2D eigenvalue weighted by Crippen LogP contribution is -2.23. The lowest BCUT2D eigenvalue weighted by atomic mass is 10.0. The molecule has 0 spiro atoms. The zero-order valence-corrected chi connectivity index (χ0v) is 16.4. The molecule has 0 saturated carbocycles. The number of hydrogen-bond acceptors (Lipinski definition) is 4. The highest BCUT2D eigenvalue weighted by Gasteiger charge is 2.16.